The van der Waals surface area contributed by atoms with Crippen molar-refractivity contribution in [2.24, 2.45) is 5.73 Å². The van der Waals surface area contributed by atoms with Crippen molar-refractivity contribution in [3.05, 3.63) is 35.1 Å². The molecule has 1 aromatic rings. The molecule has 12 heavy (non-hydrogen) atoms. The van der Waals surface area contributed by atoms with Gasteiger partial charge in [0.1, 0.15) is 5.82 Å². The van der Waals surface area contributed by atoms with Gasteiger partial charge in [0.05, 0.1) is 6.10 Å². The Morgan fingerprint density at radius 1 is 1.58 bits per heavy atom. The van der Waals surface area contributed by atoms with Gasteiger partial charge in [-0.25, -0.2) is 4.39 Å². The van der Waals surface area contributed by atoms with Crippen molar-refractivity contribution in [3.8, 4) is 0 Å². The highest BCUT2D eigenvalue weighted by atomic mass is 19.1. The lowest BCUT2D eigenvalue weighted by atomic mass is 10.1. The topological polar surface area (TPSA) is 46.2 Å². The van der Waals surface area contributed by atoms with Gasteiger partial charge in [-0.2, -0.15) is 0 Å². The van der Waals surface area contributed by atoms with Crippen LogP contribution >= 0.6 is 0 Å². The van der Waals surface area contributed by atoms with Crippen molar-refractivity contribution in [2.75, 3.05) is 6.54 Å². The zero-order valence-corrected chi connectivity index (χ0v) is 6.92. The minimum absolute atomic E-state index is 0.114. The first-order valence-electron chi connectivity index (χ1n) is 3.79. The number of hydrogen-bond donors (Lipinski definition) is 2. The van der Waals surface area contributed by atoms with Crippen LogP contribution in [0.15, 0.2) is 18.2 Å². The Kier molecular flexibility index (Phi) is 2.78. The van der Waals surface area contributed by atoms with E-state index in [1.54, 1.807) is 19.1 Å². The number of benzene rings is 1. The van der Waals surface area contributed by atoms with Crippen LogP contribution in [0.3, 0.4) is 0 Å². The van der Waals surface area contributed by atoms with Crippen LogP contribution in [-0.4, -0.2) is 11.7 Å². The molecule has 1 aromatic carbocycles. The first-order chi connectivity index (χ1) is 5.65. The summed E-state index contributed by atoms with van der Waals surface area (Å²) in [6.45, 7) is 1.79. The quantitative estimate of drug-likeness (QED) is 0.697. The van der Waals surface area contributed by atoms with Crippen molar-refractivity contribution in [3.63, 3.8) is 0 Å². The molecule has 1 rings (SSSR count). The van der Waals surface area contributed by atoms with Crippen molar-refractivity contribution in [1.82, 2.24) is 0 Å². The van der Waals surface area contributed by atoms with E-state index in [-0.39, 0.29) is 12.4 Å². The average Bonchev–Trinajstić information content (AvgIpc) is 2.08. The van der Waals surface area contributed by atoms with E-state index >= 15 is 0 Å². The molecule has 0 bridgehead atoms. The molecular weight excluding hydrogens is 157 g/mol. The van der Waals surface area contributed by atoms with Gasteiger partial charge in [0, 0.05) is 6.54 Å². The number of nitrogens with two attached hydrogens (primary N) is 1. The normalized spacial score (nSPS) is 13.0. The summed E-state index contributed by atoms with van der Waals surface area (Å²) in [5.41, 5.74) is 6.32. The second kappa shape index (κ2) is 3.65. The first kappa shape index (κ1) is 9.16. The van der Waals surface area contributed by atoms with Gasteiger partial charge in [-0.1, -0.05) is 12.1 Å². The van der Waals surface area contributed by atoms with Crippen molar-refractivity contribution in [1.29, 1.82) is 0 Å². The molecule has 0 saturated carbocycles. The molecule has 0 unspecified atom stereocenters. The lowest BCUT2D eigenvalue weighted by Crippen LogP contribution is -2.11. The fraction of sp³-hybridized carbons (Fsp3) is 0.333. The summed E-state index contributed by atoms with van der Waals surface area (Å²) in [6.07, 6.45) is -0.764. The Balaban J connectivity index is 2.96. The van der Waals surface area contributed by atoms with Gasteiger partial charge in [0.15, 0.2) is 0 Å². The summed E-state index contributed by atoms with van der Waals surface area (Å²) in [5.74, 6) is -0.306. The molecule has 1 atom stereocenters. The maximum absolute atomic E-state index is 12.9. The third kappa shape index (κ3) is 1.81. The highest BCUT2D eigenvalue weighted by Crippen LogP contribution is 2.15. The molecule has 0 radical (unpaired) electrons. The molecule has 0 saturated heterocycles. The van der Waals surface area contributed by atoms with Gasteiger partial charge in [-0.05, 0) is 24.1 Å². The number of aliphatic hydroxyl groups is 1. The van der Waals surface area contributed by atoms with Crippen molar-refractivity contribution in [2.45, 2.75) is 13.0 Å². The number of rotatable bonds is 2. The Morgan fingerprint density at radius 3 is 2.75 bits per heavy atom. The third-order valence-corrected chi connectivity index (χ3v) is 1.80. The number of aryl methyl sites for hydroxylation is 1. The second-order valence-corrected chi connectivity index (χ2v) is 2.76. The second-order valence-electron chi connectivity index (χ2n) is 2.76. The molecule has 0 heterocycles. The molecule has 0 aliphatic heterocycles. The van der Waals surface area contributed by atoms with Gasteiger partial charge in [-0.3, -0.25) is 0 Å². The zero-order chi connectivity index (χ0) is 9.14. The van der Waals surface area contributed by atoms with Gasteiger partial charge < -0.3 is 10.8 Å². The summed E-state index contributed by atoms with van der Waals surface area (Å²) in [4.78, 5) is 0. The van der Waals surface area contributed by atoms with Crippen LogP contribution in [0, 0.1) is 12.7 Å². The molecule has 0 aromatic heterocycles. The number of aliphatic hydroxyl groups excluding tert-OH is 1. The maximum Gasteiger partial charge on any atom is 0.126 e. The molecule has 0 fully saturated rings. The molecule has 3 N–H and O–H groups in total. The Hall–Kier alpha value is -0.930. The van der Waals surface area contributed by atoms with Crippen LogP contribution in [-0.2, 0) is 0 Å². The van der Waals surface area contributed by atoms with Gasteiger partial charge in [0.2, 0.25) is 0 Å². The fourth-order valence-electron chi connectivity index (χ4n) is 0.952. The van der Waals surface area contributed by atoms with E-state index in [0.717, 1.165) is 0 Å². The van der Waals surface area contributed by atoms with Crippen LogP contribution in [0.4, 0.5) is 4.39 Å². The molecular formula is C9H12FNO. The Labute approximate surface area is 70.8 Å². The monoisotopic (exact) mass is 169 g/mol. The van der Waals surface area contributed by atoms with Crippen molar-refractivity contribution >= 4 is 0 Å². The first-order valence-corrected chi connectivity index (χ1v) is 3.79. The summed E-state index contributed by atoms with van der Waals surface area (Å²) in [6, 6.07) is 4.62. The van der Waals surface area contributed by atoms with E-state index in [9.17, 15) is 9.50 Å². The summed E-state index contributed by atoms with van der Waals surface area (Å²) >= 11 is 0. The zero-order valence-electron chi connectivity index (χ0n) is 6.92. The standard InChI is InChI=1S/C9H12FNO/c1-6-2-3-7(4-8(6)10)9(12)5-11/h2-4,9,12H,5,11H2,1H3/t9-/m1/s1. The van der Waals surface area contributed by atoms with E-state index in [1.165, 1.54) is 6.07 Å². The van der Waals surface area contributed by atoms with Crippen LogP contribution < -0.4 is 5.73 Å². The third-order valence-electron chi connectivity index (χ3n) is 1.80. The molecule has 3 heteroatoms. The predicted octanol–water partition coefficient (Wildman–Crippen LogP) is 1.13. The SMILES string of the molecule is Cc1ccc([C@H](O)CN)cc1F. The van der Waals surface area contributed by atoms with E-state index in [4.69, 9.17) is 5.73 Å². The van der Waals surface area contributed by atoms with Crippen LogP contribution in [0.2, 0.25) is 0 Å². The fourth-order valence-corrected chi connectivity index (χ4v) is 0.952. The van der Waals surface area contributed by atoms with Gasteiger partial charge in [0.25, 0.3) is 0 Å². The van der Waals surface area contributed by atoms with E-state index in [1.807, 2.05) is 0 Å². The molecule has 66 valence electrons. The van der Waals surface area contributed by atoms with Crippen molar-refractivity contribution < 1.29 is 9.50 Å². The summed E-state index contributed by atoms with van der Waals surface area (Å²) in [7, 11) is 0. The molecule has 0 amide bonds. The molecule has 0 aliphatic rings. The van der Waals surface area contributed by atoms with Crippen LogP contribution in [0.25, 0.3) is 0 Å². The molecule has 0 spiro atoms. The summed E-state index contributed by atoms with van der Waals surface area (Å²) in [5, 5.41) is 9.25. The molecule has 2 nitrogen and oxygen atoms in total. The highest BCUT2D eigenvalue weighted by molar-refractivity contribution is 5.24. The van der Waals surface area contributed by atoms with Crippen LogP contribution in [0.5, 0.6) is 0 Å². The van der Waals surface area contributed by atoms with Gasteiger partial charge in [-0.15, -0.1) is 0 Å². The molecule has 0 aliphatic carbocycles. The number of hydrogen-bond acceptors (Lipinski definition) is 2. The average molecular weight is 169 g/mol. The van der Waals surface area contributed by atoms with Crippen LogP contribution in [0.1, 0.15) is 17.2 Å². The minimum atomic E-state index is -0.764. The minimum Gasteiger partial charge on any atom is -0.387 e. The lowest BCUT2D eigenvalue weighted by molar-refractivity contribution is 0.186. The highest BCUT2D eigenvalue weighted by Gasteiger charge is 2.06. The van der Waals surface area contributed by atoms with Gasteiger partial charge >= 0.3 is 0 Å². The lowest BCUT2D eigenvalue weighted by Gasteiger charge is -2.08. The summed E-state index contributed by atoms with van der Waals surface area (Å²) < 4.78 is 12.9. The van der Waals surface area contributed by atoms with E-state index in [0.29, 0.717) is 11.1 Å². The largest absolute Gasteiger partial charge is 0.387 e. The Morgan fingerprint density at radius 2 is 2.25 bits per heavy atom. The predicted molar refractivity (Wildman–Crippen MR) is 45.2 cm³/mol. The smallest absolute Gasteiger partial charge is 0.126 e. The Bertz CT molecular complexity index is 275. The van der Waals surface area contributed by atoms with E-state index in [2.05, 4.69) is 0 Å². The van der Waals surface area contributed by atoms with E-state index < -0.39 is 6.10 Å². The number of halogens is 1. The maximum atomic E-state index is 12.9.